The van der Waals surface area contributed by atoms with Crippen molar-refractivity contribution >= 4 is 11.8 Å². The van der Waals surface area contributed by atoms with E-state index < -0.39 is 0 Å². The third-order valence-electron chi connectivity index (χ3n) is 3.18. The average molecular weight is 229 g/mol. The van der Waals surface area contributed by atoms with Crippen molar-refractivity contribution in [2.24, 2.45) is 0 Å². The summed E-state index contributed by atoms with van der Waals surface area (Å²) < 4.78 is 0. The first kappa shape index (κ1) is 13.4. The van der Waals surface area contributed by atoms with Gasteiger partial charge in [0.2, 0.25) is 0 Å². The van der Waals surface area contributed by atoms with E-state index in [4.69, 9.17) is 0 Å². The summed E-state index contributed by atoms with van der Waals surface area (Å²) in [5, 5.41) is 3.70. The number of nitrogens with one attached hydrogen (secondary N) is 1. The molecule has 1 N–H and O–H groups in total. The highest BCUT2D eigenvalue weighted by Crippen LogP contribution is 2.16. The summed E-state index contributed by atoms with van der Waals surface area (Å²) in [7, 11) is 0. The van der Waals surface area contributed by atoms with Gasteiger partial charge in [-0.2, -0.15) is 11.8 Å². The second-order valence-corrected chi connectivity index (χ2v) is 5.83. The summed E-state index contributed by atoms with van der Waals surface area (Å²) in [5.74, 6) is 2.74. The summed E-state index contributed by atoms with van der Waals surface area (Å²) in [6.45, 7) is 3.53. The van der Waals surface area contributed by atoms with E-state index in [1.807, 2.05) is 0 Å². The summed E-state index contributed by atoms with van der Waals surface area (Å²) in [4.78, 5) is 0. The molecule has 0 aromatic carbocycles. The van der Waals surface area contributed by atoms with Crippen LogP contribution >= 0.6 is 11.8 Å². The zero-order valence-electron chi connectivity index (χ0n) is 10.3. The first-order valence-corrected chi connectivity index (χ1v) is 7.90. The van der Waals surface area contributed by atoms with Crippen molar-refractivity contribution < 1.29 is 0 Å². The molecule has 90 valence electrons. The molecule has 15 heavy (non-hydrogen) atoms. The largest absolute Gasteiger partial charge is 0.314 e. The number of thioether (sulfide) groups is 1. The minimum atomic E-state index is 0.835. The lowest BCUT2D eigenvalue weighted by molar-refractivity contribution is 0.466. The second-order valence-electron chi connectivity index (χ2n) is 4.61. The van der Waals surface area contributed by atoms with Crippen LogP contribution in [0.2, 0.25) is 0 Å². The minimum absolute atomic E-state index is 0.835. The molecule has 0 amide bonds. The van der Waals surface area contributed by atoms with Gasteiger partial charge in [-0.25, -0.2) is 0 Å². The molecule has 1 rings (SSSR count). The predicted molar refractivity (Wildman–Crippen MR) is 71.7 cm³/mol. The highest BCUT2D eigenvalue weighted by atomic mass is 32.2. The average Bonchev–Trinajstić information content (AvgIpc) is 2.29. The monoisotopic (exact) mass is 229 g/mol. The first-order valence-electron chi connectivity index (χ1n) is 6.74. The Morgan fingerprint density at radius 3 is 2.40 bits per heavy atom. The molecule has 0 bridgehead atoms. The highest BCUT2D eigenvalue weighted by Gasteiger charge is 2.11. The smallest absolute Gasteiger partial charge is 0.00827 e. The van der Waals surface area contributed by atoms with Crippen molar-refractivity contribution in [1.29, 1.82) is 0 Å². The van der Waals surface area contributed by atoms with Crippen molar-refractivity contribution in [3.8, 4) is 0 Å². The van der Waals surface area contributed by atoms with Crippen molar-refractivity contribution in [3.05, 3.63) is 0 Å². The molecule has 1 aliphatic heterocycles. The molecule has 1 fully saturated rings. The zero-order valence-corrected chi connectivity index (χ0v) is 11.1. The Labute approximate surface area is 99.8 Å². The van der Waals surface area contributed by atoms with Crippen molar-refractivity contribution in [3.63, 3.8) is 0 Å². The third kappa shape index (κ3) is 7.24. The maximum atomic E-state index is 3.70. The van der Waals surface area contributed by atoms with E-state index in [1.54, 1.807) is 0 Å². The van der Waals surface area contributed by atoms with E-state index in [0.29, 0.717) is 0 Å². The van der Waals surface area contributed by atoms with E-state index >= 15 is 0 Å². The zero-order chi connectivity index (χ0) is 10.8. The van der Waals surface area contributed by atoms with Crippen LogP contribution in [0.3, 0.4) is 0 Å². The van der Waals surface area contributed by atoms with Gasteiger partial charge in [-0.15, -0.1) is 0 Å². The quantitative estimate of drug-likeness (QED) is 0.635. The first-order chi connectivity index (χ1) is 7.43. The normalized spacial score (nSPS) is 18.2. The fraction of sp³-hybridized carbons (Fsp3) is 1.00. The number of hydrogen-bond donors (Lipinski definition) is 1. The van der Waals surface area contributed by atoms with Gasteiger partial charge >= 0.3 is 0 Å². The molecule has 0 atom stereocenters. The summed E-state index contributed by atoms with van der Waals surface area (Å²) in [6, 6.07) is 0.835. The van der Waals surface area contributed by atoms with Gasteiger partial charge in [0.15, 0.2) is 0 Å². The molecule has 0 unspecified atom stereocenters. The number of unbranched alkanes of at least 4 members (excludes halogenated alkanes) is 5. The number of hydrogen-bond acceptors (Lipinski definition) is 2. The maximum Gasteiger partial charge on any atom is 0.00827 e. The van der Waals surface area contributed by atoms with Crippen LogP contribution in [0.15, 0.2) is 0 Å². The standard InChI is InChI=1S/C13H27NS/c1-2-3-4-5-6-7-10-14-13-8-11-15-12-9-13/h13-14H,2-12H2,1H3. The van der Waals surface area contributed by atoms with Gasteiger partial charge in [0.1, 0.15) is 0 Å². The van der Waals surface area contributed by atoms with E-state index in [1.165, 1.54) is 69.4 Å². The Kier molecular flexibility index (Phi) is 8.50. The molecule has 1 nitrogen and oxygen atoms in total. The fourth-order valence-electron chi connectivity index (χ4n) is 2.11. The Bertz CT molecular complexity index is 132. The van der Waals surface area contributed by atoms with Gasteiger partial charge in [0.25, 0.3) is 0 Å². The molecule has 0 aliphatic carbocycles. The van der Waals surface area contributed by atoms with E-state index in [9.17, 15) is 0 Å². The van der Waals surface area contributed by atoms with Crippen LogP contribution in [0.1, 0.15) is 58.3 Å². The van der Waals surface area contributed by atoms with Gasteiger partial charge in [0, 0.05) is 6.04 Å². The lowest BCUT2D eigenvalue weighted by atomic mass is 10.1. The Balaban J connectivity index is 1.79. The van der Waals surface area contributed by atoms with E-state index in [-0.39, 0.29) is 0 Å². The second kappa shape index (κ2) is 9.53. The third-order valence-corrected chi connectivity index (χ3v) is 4.23. The molecule has 0 spiro atoms. The summed E-state index contributed by atoms with van der Waals surface area (Å²) >= 11 is 2.11. The van der Waals surface area contributed by atoms with Crippen LogP contribution in [0.25, 0.3) is 0 Å². The molecule has 0 saturated carbocycles. The molecular formula is C13H27NS. The van der Waals surface area contributed by atoms with Gasteiger partial charge in [-0.3, -0.25) is 0 Å². The summed E-state index contributed by atoms with van der Waals surface area (Å²) in [5.41, 5.74) is 0. The van der Waals surface area contributed by atoms with E-state index in [0.717, 1.165) is 6.04 Å². The van der Waals surface area contributed by atoms with Crippen molar-refractivity contribution in [2.75, 3.05) is 18.1 Å². The SMILES string of the molecule is CCCCCCCCNC1CCSCC1. The molecule has 0 aromatic heterocycles. The Hall–Kier alpha value is 0.310. The Morgan fingerprint density at radius 2 is 1.67 bits per heavy atom. The molecule has 0 radical (unpaired) electrons. The molecule has 1 saturated heterocycles. The summed E-state index contributed by atoms with van der Waals surface area (Å²) in [6.07, 6.45) is 11.3. The lowest BCUT2D eigenvalue weighted by Crippen LogP contribution is -2.33. The minimum Gasteiger partial charge on any atom is -0.314 e. The van der Waals surface area contributed by atoms with Crippen LogP contribution in [-0.4, -0.2) is 24.1 Å². The number of rotatable bonds is 8. The van der Waals surface area contributed by atoms with Crippen molar-refractivity contribution in [2.45, 2.75) is 64.3 Å². The van der Waals surface area contributed by atoms with E-state index in [2.05, 4.69) is 24.0 Å². The van der Waals surface area contributed by atoms with Gasteiger partial charge in [-0.1, -0.05) is 39.0 Å². The molecule has 1 aliphatic rings. The Morgan fingerprint density at radius 1 is 1.00 bits per heavy atom. The maximum absolute atomic E-state index is 3.70. The predicted octanol–water partition coefficient (Wildman–Crippen LogP) is 3.83. The van der Waals surface area contributed by atoms with Crippen molar-refractivity contribution in [1.82, 2.24) is 5.32 Å². The van der Waals surface area contributed by atoms with Gasteiger partial charge < -0.3 is 5.32 Å². The molecule has 1 heterocycles. The highest BCUT2D eigenvalue weighted by molar-refractivity contribution is 7.99. The topological polar surface area (TPSA) is 12.0 Å². The molecular weight excluding hydrogens is 202 g/mol. The van der Waals surface area contributed by atoms with Crippen LogP contribution < -0.4 is 5.32 Å². The van der Waals surface area contributed by atoms with Crippen LogP contribution in [0.4, 0.5) is 0 Å². The van der Waals surface area contributed by atoms with Gasteiger partial charge in [0.05, 0.1) is 0 Å². The molecule has 2 heteroatoms. The van der Waals surface area contributed by atoms with Crippen LogP contribution in [0.5, 0.6) is 0 Å². The van der Waals surface area contributed by atoms with Crippen LogP contribution in [0, 0.1) is 0 Å². The van der Waals surface area contributed by atoms with Crippen LogP contribution in [-0.2, 0) is 0 Å². The fourth-order valence-corrected chi connectivity index (χ4v) is 3.22. The van der Waals surface area contributed by atoms with Gasteiger partial charge in [-0.05, 0) is 37.3 Å². The lowest BCUT2D eigenvalue weighted by Gasteiger charge is -2.22. The molecule has 0 aromatic rings.